The maximum atomic E-state index is 10.9. The van der Waals surface area contributed by atoms with E-state index in [4.69, 9.17) is 0 Å². The minimum absolute atomic E-state index is 0.281. The van der Waals surface area contributed by atoms with Crippen molar-refractivity contribution < 1.29 is 4.42 Å². The third-order valence-electron chi connectivity index (χ3n) is 1.10. The van der Waals surface area contributed by atoms with Gasteiger partial charge in [0, 0.05) is 20.3 Å². The van der Waals surface area contributed by atoms with Gasteiger partial charge < -0.3 is 14.3 Å². The van der Waals surface area contributed by atoms with Crippen LogP contribution in [0.2, 0.25) is 0 Å². The molecule has 1 aromatic heterocycles. The van der Waals surface area contributed by atoms with E-state index in [-0.39, 0.29) is 11.2 Å². The van der Waals surface area contributed by atoms with Crippen LogP contribution in [0.25, 0.3) is 12.8 Å². The minimum Gasteiger partial charge on any atom is -0.405 e. The van der Waals surface area contributed by atoms with E-state index in [1.807, 2.05) is 14.1 Å². The molecule has 4 nitrogen and oxygen atoms in total. The lowest BCUT2D eigenvalue weighted by atomic mass is 10.6. The summed E-state index contributed by atoms with van der Waals surface area (Å²) in [6.45, 7) is 3.45. The summed E-state index contributed by atoms with van der Waals surface area (Å²) in [6.07, 6.45) is 1.64. The number of oxazole rings is 1. The van der Waals surface area contributed by atoms with Gasteiger partial charge in [0.25, 0.3) is 0 Å². The maximum Gasteiger partial charge on any atom is 0.363 e. The Hall–Kier alpha value is -1.45. The first-order chi connectivity index (χ1) is 5.09. The van der Waals surface area contributed by atoms with E-state index in [9.17, 15) is 4.79 Å². The summed E-state index contributed by atoms with van der Waals surface area (Å²) in [5, 5.41) is 0.417. The summed E-state index contributed by atoms with van der Waals surface area (Å²) >= 11 is 0. The number of hydrogen-bond donors (Lipinski definition) is 1. The highest BCUT2D eigenvalue weighted by molar-refractivity contribution is 5.13. The molecule has 0 atom stereocenters. The van der Waals surface area contributed by atoms with Crippen molar-refractivity contribution in [2.45, 2.75) is 0 Å². The van der Waals surface area contributed by atoms with Gasteiger partial charge in [-0.2, -0.15) is 0 Å². The summed E-state index contributed by atoms with van der Waals surface area (Å²) in [6, 6.07) is 0. The van der Waals surface area contributed by atoms with Gasteiger partial charge in [0.2, 0.25) is 0 Å². The van der Waals surface area contributed by atoms with Crippen molar-refractivity contribution in [3.05, 3.63) is 21.3 Å². The lowest BCUT2D eigenvalue weighted by Crippen LogP contribution is -2.24. The normalized spacial score (nSPS) is 12.0. The van der Waals surface area contributed by atoms with E-state index in [2.05, 4.69) is 16.0 Å². The zero-order valence-electron chi connectivity index (χ0n) is 6.55. The first-order valence-corrected chi connectivity index (χ1v) is 3.16. The number of aromatic amines is 1. The molecule has 0 aromatic carbocycles. The van der Waals surface area contributed by atoms with Crippen LogP contribution in [0, 0.1) is 0 Å². The highest BCUT2D eigenvalue weighted by atomic mass is 16.4. The van der Waals surface area contributed by atoms with Crippen LogP contribution < -0.4 is 16.5 Å². The summed E-state index contributed by atoms with van der Waals surface area (Å²) < 4.78 is 4.64. The minimum atomic E-state index is -0.385. The molecule has 0 saturated heterocycles. The smallest absolute Gasteiger partial charge is 0.363 e. The summed E-state index contributed by atoms with van der Waals surface area (Å²) in [5.74, 6) is 0. The topological polar surface area (TPSA) is 49.2 Å². The van der Waals surface area contributed by atoms with Crippen molar-refractivity contribution in [3.63, 3.8) is 0 Å². The fourth-order valence-corrected chi connectivity index (χ4v) is 0.737. The molecule has 0 bridgehead atoms. The van der Waals surface area contributed by atoms with Crippen LogP contribution in [-0.4, -0.2) is 24.0 Å². The number of nitrogens with zero attached hydrogens (tertiary/aromatic N) is 1. The lowest BCUT2D eigenvalue weighted by molar-refractivity contribution is 0.487. The van der Waals surface area contributed by atoms with Gasteiger partial charge in [0.05, 0.1) is 0 Å². The van der Waals surface area contributed by atoms with E-state index < -0.39 is 0 Å². The number of rotatable bonds is 1. The molecule has 0 amide bonds. The number of hydrogen-bond acceptors (Lipinski definition) is 3. The second-order valence-corrected chi connectivity index (χ2v) is 2.44. The second kappa shape index (κ2) is 2.65. The third-order valence-corrected chi connectivity index (χ3v) is 1.10. The molecule has 0 aliphatic heterocycles. The quantitative estimate of drug-likeness (QED) is 0.545. The summed E-state index contributed by atoms with van der Waals surface area (Å²) in [7, 11) is 3.64. The van der Waals surface area contributed by atoms with Gasteiger partial charge in [-0.15, -0.1) is 0 Å². The predicted octanol–water partition coefficient (Wildman–Crippen LogP) is -1.32. The number of H-pyrrole nitrogens is 1. The molecule has 1 N–H and O–H groups in total. The molecule has 0 aliphatic carbocycles. The van der Waals surface area contributed by atoms with E-state index in [0.717, 1.165) is 0 Å². The van der Waals surface area contributed by atoms with E-state index in [1.165, 1.54) is 0 Å². The molecule has 60 valence electrons. The number of nitrogens with one attached hydrogen (secondary N) is 1. The van der Waals surface area contributed by atoms with Crippen LogP contribution in [0.3, 0.4) is 0 Å². The molecule has 0 fully saturated rings. The van der Waals surface area contributed by atoms with Gasteiger partial charge in [-0.05, 0) is 6.58 Å². The average Bonchev–Trinajstić information content (AvgIpc) is 2.09. The average molecular weight is 154 g/mol. The van der Waals surface area contributed by atoms with E-state index in [0.29, 0.717) is 5.35 Å². The predicted molar refractivity (Wildman–Crippen MR) is 42.3 cm³/mol. The number of aromatic nitrogens is 1. The molecule has 1 rings (SSSR count). The van der Waals surface area contributed by atoms with Crippen LogP contribution >= 0.6 is 0 Å². The fourth-order valence-electron chi connectivity index (χ4n) is 0.737. The van der Waals surface area contributed by atoms with Crippen molar-refractivity contribution >= 4 is 12.8 Å². The molecule has 1 heterocycles. The molecule has 1 aromatic rings. The van der Waals surface area contributed by atoms with Crippen molar-refractivity contribution in [2.75, 3.05) is 14.1 Å². The highest BCUT2D eigenvalue weighted by Crippen LogP contribution is 1.68. The van der Waals surface area contributed by atoms with Crippen molar-refractivity contribution in [2.24, 2.45) is 0 Å². The maximum absolute atomic E-state index is 10.9. The Kier molecular flexibility index (Phi) is 1.85. The molecule has 0 saturated carbocycles. The first-order valence-electron chi connectivity index (χ1n) is 3.16. The van der Waals surface area contributed by atoms with Crippen molar-refractivity contribution in [1.82, 2.24) is 9.88 Å². The molecule has 11 heavy (non-hydrogen) atoms. The zero-order chi connectivity index (χ0) is 8.43. The Morgan fingerprint density at radius 3 is 2.64 bits per heavy atom. The van der Waals surface area contributed by atoms with Gasteiger partial charge in [-0.1, -0.05) is 0 Å². The standard InChI is InChI=1S/C7H10N2O2/c1-5-8-6(4-9(2)3)7(10)11-5/h4,8H,1H2,2-3H3. The van der Waals surface area contributed by atoms with Crippen LogP contribution in [0.5, 0.6) is 0 Å². The van der Waals surface area contributed by atoms with Gasteiger partial charge in [0.15, 0.2) is 5.55 Å². The molecule has 0 aliphatic rings. The van der Waals surface area contributed by atoms with E-state index >= 15 is 0 Å². The van der Waals surface area contributed by atoms with E-state index in [1.54, 1.807) is 11.1 Å². The van der Waals surface area contributed by atoms with Crippen LogP contribution in [0.1, 0.15) is 0 Å². The lowest BCUT2D eigenvalue weighted by Gasteiger charge is -1.99. The van der Waals surface area contributed by atoms with Crippen LogP contribution in [0.15, 0.2) is 9.21 Å². The Bertz CT molecular complexity index is 385. The third kappa shape index (κ3) is 1.73. The van der Waals surface area contributed by atoms with Gasteiger partial charge in [-0.25, -0.2) is 4.79 Å². The fraction of sp³-hybridized carbons (Fsp3) is 0.286. The molecule has 0 unspecified atom stereocenters. The summed E-state index contributed by atoms with van der Waals surface area (Å²) in [4.78, 5) is 15.3. The Labute approximate surface area is 63.4 Å². The molecule has 4 heteroatoms. The van der Waals surface area contributed by atoms with Crippen LogP contribution in [-0.2, 0) is 0 Å². The Morgan fingerprint density at radius 2 is 2.27 bits per heavy atom. The Balaban J connectivity index is 3.35. The molecular formula is C7H10N2O2. The molecular weight excluding hydrogens is 144 g/mol. The SMILES string of the molecule is C=c1[nH]c(=CN(C)C)c(=O)o1. The van der Waals surface area contributed by atoms with Gasteiger partial charge in [-0.3, -0.25) is 0 Å². The van der Waals surface area contributed by atoms with Crippen LogP contribution in [0.4, 0.5) is 0 Å². The summed E-state index contributed by atoms with van der Waals surface area (Å²) in [5.41, 5.74) is -0.105. The van der Waals surface area contributed by atoms with Crippen molar-refractivity contribution in [3.8, 4) is 0 Å². The van der Waals surface area contributed by atoms with Gasteiger partial charge in [0.1, 0.15) is 5.35 Å². The molecule has 0 radical (unpaired) electrons. The highest BCUT2D eigenvalue weighted by Gasteiger charge is 1.92. The Morgan fingerprint density at radius 1 is 1.64 bits per heavy atom. The van der Waals surface area contributed by atoms with Crippen molar-refractivity contribution in [1.29, 1.82) is 0 Å². The zero-order valence-corrected chi connectivity index (χ0v) is 6.55. The molecule has 0 spiro atoms. The monoisotopic (exact) mass is 154 g/mol. The van der Waals surface area contributed by atoms with Gasteiger partial charge >= 0.3 is 5.63 Å². The largest absolute Gasteiger partial charge is 0.405 e. The second-order valence-electron chi connectivity index (χ2n) is 2.44. The first kappa shape index (κ1) is 7.65.